The van der Waals surface area contributed by atoms with Crippen molar-refractivity contribution < 1.29 is 13.9 Å². The minimum absolute atomic E-state index is 0.0975. The monoisotopic (exact) mass is 410 g/mol. The number of ether oxygens (including phenoxy) is 1. The normalized spacial score (nSPS) is 15.6. The fourth-order valence-electron chi connectivity index (χ4n) is 3.80. The fourth-order valence-corrected chi connectivity index (χ4v) is 5.20. The molecule has 0 unspecified atom stereocenters. The molecule has 1 amide bonds. The molecule has 0 aliphatic heterocycles. The first-order chi connectivity index (χ1) is 14.0. The number of fused-ring (bicyclic) bond motifs is 1. The molecule has 29 heavy (non-hydrogen) atoms. The second-order valence-corrected chi connectivity index (χ2v) is 8.68. The summed E-state index contributed by atoms with van der Waals surface area (Å²) in [6.07, 6.45) is 3.06. The maximum atomic E-state index is 13.3. The first-order valence-corrected chi connectivity index (χ1v) is 10.7. The van der Waals surface area contributed by atoms with Crippen molar-refractivity contribution >= 4 is 27.9 Å². The van der Waals surface area contributed by atoms with Gasteiger partial charge in [-0.25, -0.2) is 0 Å². The number of furan rings is 1. The Hall–Kier alpha value is -2.73. The lowest BCUT2D eigenvalue weighted by atomic mass is 9.88. The van der Waals surface area contributed by atoms with Crippen LogP contribution >= 0.6 is 11.3 Å². The number of hydrogen-bond acceptors (Lipinski definition) is 5. The van der Waals surface area contributed by atoms with Gasteiger partial charge in [0.2, 0.25) is 0 Å². The third kappa shape index (κ3) is 4.17. The highest BCUT2D eigenvalue weighted by atomic mass is 32.1. The van der Waals surface area contributed by atoms with Crippen LogP contribution in [0.1, 0.15) is 45.7 Å². The molecular weight excluding hydrogens is 384 g/mol. The van der Waals surface area contributed by atoms with Gasteiger partial charge < -0.3 is 19.8 Å². The molecular formula is C23H26N2O3S. The topological polar surface area (TPSA) is 63.5 Å². The van der Waals surface area contributed by atoms with Crippen molar-refractivity contribution in [2.75, 3.05) is 17.7 Å². The molecule has 1 aliphatic carbocycles. The van der Waals surface area contributed by atoms with E-state index < -0.39 is 0 Å². The number of carbonyl (C=O) groups excluding carboxylic acids is 1. The Morgan fingerprint density at radius 2 is 2.10 bits per heavy atom. The maximum Gasteiger partial charge on any atom is 0.259 e. The molecule has 2 N–H and O–H groups in total. The summed E-state index contributed by atoms with van der Waals surface area (Å²) in [5, 5.41) is 7.40. The van der Waals surface area contributed by atoms with Crippen molar-refractivity contribution in [1.29, 1.82) is 0 Å². The predicted molar refractivity (Wildman–Crippen MR) is 117 cm³/mol. The lowest BCUT2D eigenvalue weighted by Crippen LogP contribution is -2.18. The second kappa shape index (κ2) is 8.33. The fraction of sp³-hybridized carbons (Fsp3) is 0.348. The van der Waals surface area contributed by atoms with E-state index in [2.05, 4.69) is 17.6 Å². The summed E-state index contributed by atoms with van der Waals surface area (Å²) >= 11 is 1.70. The van der Waals surface area contributed by atoms with Crippen LogP contribution in [-0.2, 0) is 19.4 Å². The van der Waals surface area contributed by atoms with E-state index in [-0.39, 0.29) is 5.91 Å². The number of thiophene rings is 1. The van der Waals surface area contributed by atoms with Crippen molar-refractivity contribution in [3.63, 3.8) is 0 Å². The van der Waals surface area contributed by atoms with Gasteiger partial charge in [-0.1, -0.05) is 19.1 Å². The summed E-state index contributed by atoms with van der Waals surface area (Å²) in [5.41, 5.74) is 2.61. The molecule has 0 saturated heterocycles. The summed E-state index contributed by atoms with van der Waals surface area (Å²) in [4.78, 5) is 14.6. The van der Waals surface area contributed by atoms with Gasteiger partial charge in [0.25, 0.3) is 5.91 Å². The van der Waals surface area contributed by atoms with E-state index >= 15 is 0 Å². The summed E-state index contributed by atoms with van der Waals surface area (Å²) in [6, 6.07) is 11.4. The molecule has 3 aromatic rings. The molecule has 0 radical (unpaired) electrons. The van der Waals surface area contributed by atoms with Crippen LogP contribution in [-0.4, -0.2) is 13.0 Å². The third-order valence-electron chi connectivity index (χ3n) is 5.31. The molecule has 1 atom stereocenters. The van der Waals surface area contributed by atoms with Crippen molar-refractivity contribution in [2.24, 2.45) is 5.92 Å². The van der Waals surface area contributed by atoms with Crippen LogP contribution in [0.4, 0.5) is 10.7 Å². The maximum absolute atomic E-state index is 13.3. The SMILES string of the molecule is COc1ccccc1NC(=O)c1c(NCc2ccc(C)o2)sc2c1CC[C@H](C)C2. The van der Waals surface area contributed by atoms with E-state index in [1.165, 1.54) is 10.4 Å². The minimum atomic E-state index is -0.0975. The number of hydrogen-bond donors (Lipinski definition) is 2. The Morgan fingerprint density at radius 1 is 1.28 bits per heavy atom. The van der Waals surface area contributed by atoms with E-state index in [1.54, 1.807) is 18.4 Å². The van der Waals surface area contributed by atoms with Crippen molar-refractivity contribution in [2.45, 2.75) is 39.7 Å². The van der Waals surface area contributed by atoms with E-state index in [1.807, 2.05) is 43.3 Å². The van der Waals surface area contributed by atoms with Gasteiger partial charge in [0, 0.05) is 4.88 Å². The first kappa shape index (κ1) is 19.6. The second-order valence-electron chi connectivity index (χ2n) is 7.58. The third-order valence-corrected chi connectivity index (χ3v) is 6.53. The predicted octanol–water partition coefficient (Wildman–Crippen LogP) is 5.65. The van der Waals surface area contributed by atoms with Crippen molar-refractivity contribution in [3.8, 4) is 5.75 Å². The first-order valence-electron chi connectivity index (χ1n) is 9.93. The number of benzene rings is 1. The smallest absolute Gasteiger partial charge is 0.259 e. The number of carbonyl (C=O) groups is 1. The van der Waals surface area contributed by atoms with Gasteiger partial charge in [0.15, 0.2) is 0 Å². The Balaban J connectivity index is 1.63. The van der Waals surface area contributed by atoms with Crippen LogP contribution in [0.25, 0.3) is 0 Å². The summed E-state index contributed by atoms with van der Waals surface area (Å²) in [7, 11) is 1.61. The van der Waals surface area contributed by atoms with Crippen LogP contribution in [0.3, 0.4) is 0 Å². The van der Waals surface area contributed by atoms with Gasteiger partial charge in [-0.05, 0) is 61.9 Å². The molecule has 0 saturated carbocycles. The summed E-state index contributed by atoms with van der Waals surface area (Å²) < 4.78 is 11.1. The van der Waals surface area contributed by atoms with Crippen molar-refractivity contribution in [1.82, 2.24) is 0 Å². The van der Waals surface area contributed by atoms with E-state index in [0.29, 0.717) is 23.9 Å². The number of amides is 1. The van der Waals surface area contributed by atoms with Gasteiger partial charge in [-0.15, -0.1) is 11.3 Å². The molecule has 6 heteroatoms. The molecule has 5 nitrogen and oxygen atoms in total. The number of aryl methyl sites for hydroxylation is 1. The van der Waals surface area contributed by atoms with Crippen LogP contribution in [0.2, 0.25) is 0 Å². The Morgan fingerprint density at radius 3 is 2.86 bits per heavy atom. The number of nitrogens with one attached hydrogen (secondary N) is 2. The summed E-state index contributed by atoms with van der Waals surface area (Å²) in [5.74, 6) is 2.94. The summed E-state index contributed by atoms with van der Waals surface area (Å²) in [6.45, 7) is 4.76. The van der Waals surface area contributed by atoms with Gasteiger partial charge >= 0.3 is 0 Å². The van der Waals surface area contributed by atoms with Crippen molar-refractivity contribution in [3.05, 3.63) is 63.9 Å². The Kier molecular flexibility index (Phi) is 5.62. The van der Waals surface area contributed by atoms with Crippen LogP contribution in [0, 0.1) is 12.8 Å². The molecule has 1 aliphatic rings. The molecule has 1 aromatic carbocycles. The molecule has 152 valence electrons. The quantitative estimate of drug-likeness (QED) is 0.551. The standard InChI is InChI=1S/C23H26N2O3S/c1-14-8-11-17-20(12-14)29-23(24-13-16-10-9-15(2)28-16)21(17)22(26)25-18-6-4-5-7-19(18)27-3/h4-7,9-10,14,24H,8,11-13H2,1-3H3,(H,25,26)/t14-/m0/s1. The number of methoxy groups -OCH3 is 1. The van der Waals surface area contributed by atoms with Gasteiger partial charge in [-0.2, -0.15) is 0 Å². The molecule has 2 aromatic heterocycles. The largest absolute Gasteiger partial charge is 0.495 e. The van der Waals surface area contributed by atoms with Crippen LogP contribution in [0.15, 0.2) is 40.8 Å². The molecule has 0 bridgehead atoms. The zero-order valence-corrected chi connectivity index (χ0v) is 17.8. The average Bonchev–Trinajstić information content (AvgIpc) is 3.29. The highest BCUT2D eigenvalue weighted by Crippen LogP contribution is 2.40. The Bertz CT molecular complexity index is 1020. The van der Waals surface area contributed by atoms with Gasteiger partial charge in [0.1, 0.15) is 22.3 Å². The van der Waals surface area contributed by atoms with E-state index in [0.717, 1.165) is 41.3 Å². The Labute approximate surface area is 175 Å². The van der Waals surface area contributed by atoms with Crippen LogP contribution < -0.4 is 15.4 Å². The lowest BCUT2D eigenvalue weighted by molar-refractivity contribution is 0.102. The molecule has 4 rings (SSSR count). The van der Waals surface area contributed by atoms with Gasteiger partial charge in [0.05, 0.1) is 24.9 Å². The molecule has 2 heterocycles. The zero-order chi connectivity index (χ0) is 20.4. The highest BCUT2D eigenvalue weighted by Gasteiger charge is 2.28. The van der Waals surface area contributed by atoms with E-state index in [4.69, 9.17) is 9.15 Å². The minimum Gasteiger partial charge on any atom is -0.495 e. The number of anilines is 2. The molecule has 0 spiro atoms. The lowest BCUT2D eigenvalue weighted by Gasteiger charge is -2.19. The number of rotatable bonds is 6. The zero-order valence-electron chi connectivity index (χ0n) is 17.0. The van der Waals surface area contributed by atoms with Gasteiger partial charge in [-0.3, -0.25) is 4.79 Å². The van der Waals surface area contributed by atoms with Crippen LogP contribution in [0.5, 0.6) is 5.75 Å². The van der Waals surface area contributed by atoms with E-state index in [9.17, 15) is 4.79 Å². The highest BCUT2D eigenvalue weighted by molar-refractivity contribution is 7.16. The number of para-hydroxylation sites is 2. The molecule has 0 fully saturated rings. The average molecular weight is 411 g/mol.